The number of benzene rings is 1. The van der Waals surface area contributed by atoms with E-state index >= 15 is 0 Å². The number of hydrogen-bond donors (Lipinski definition) is 1. The molecule has 0 aliphatic rings. The maximum absolute atomic E-state index is 12.1. The monoisotopic (exact) mass is 276 g/mol. The molecule has 0 fully saturated rings. The Morgan fingerprint density at radius 2 is 1.79 bits per heavy atom. The van der Waals surface area contributed by atoms with Crippen LogP contribution >= 0.6 is 12.8 Å². The predicted molar refractivity (Wildman–Crippen MR) is 74.1 cm³/mol. The van der Waals surface area contributed by atoms with E-state index in [1.54, 1.807) is 37.4 Å². The number of amides is 3. The largest absolute Gasteiger partial charge is 0.459 e. The maximum Gasteiger partial charge on any atom is 0.341 e. The molecular weight excluding hydrogens is 264 g/mol. The van der Waals surface area contributed by atoms with Gasteiger partial charge in [0.15, 0.2) is 5.76 Å². The van der Waals surface area contributed by atoms with Crippen LogP contribution < -0.4 is 4.90 Å². The Bertz CT molecular complexity index is 569. The summed E-state index contributed by atoms with van der Waals surface area (Å²) < 4.78 is 5.66. The Hall–Kier alpha value is -2.21. The van der Waals surface area contributed by atoms with Gasteiger partial charge in [-0.3, -0.25) is 9.69 Å². The van der Waals surface area contributed by atoms with Crippen molar-refractivity contribution in [3.8, 4) is 0 Å². The summed E-state index contributed by atoms with van der Waals surface area (Å²) in [6, 6.07) is 11.5. The molecule has 19 heavy (non-hydrogen) atoms. The van der Waals surface area contributed by atoms with Gasteiger partial charge in [-0.05, 0) is 24.3 Å². The first-order valence-electron chi connectivity index (χ1n) is 5.51. The van der Waals surface area contributed by atoms with E-state index in [4.69, 9.17) is 4.42 Å². The highest BCUT2D eigenvalue weighted by Gasteiger charge is 2.25. The van der Waals surface area contributed by atoms with Gasteiger partial charge in [-0.25, -0.2) is 4.79 Å². The molecule has 0 saturated heterocycles. The van der Waals surface area contributed by atoms with Gasteiger partial charge in [-0.1, -0.05) is 31.0 Å². The molecule has 0 unspecified atom stereocenters. The second-order valence-electron chi connectivity index (χ2n) is 3.77. The molecule has 2 rings (SSSR count). The van der Waals surface area contributed by atoms with Crippen LogP contribution in [-0.4, -0.2) is 23.3 Å². The molecule has 1 heterocycles. The average molecular weight is 276 g/mol. The third-order valence-electron chi connectivity index (χ3n) is 2.54. The number of urea groups is 1. The molecule has 0 aliphatic heterocycles. The minimum absolute atomic E-state index is 0.0600. The molecule has 2 aromatic rings. The van der Waals surface area contributed by atoms with Crippen LogP contribution in [0.15, 0.2) is 53.1 Å². The van der Waals surface area contributed by atoms with Gasteiger partial charge in [0.05, 0.1) is 6.26 Å². The van der Waals surface area contributed by atoms with Gasteiger partial charge < -0.3 is 4.42 Å². The zero-order chi connectivity index (χ0) is 13.8. The van der Waals surface area contributed by atoms with Gasteiger partial charge in [0.25, 0.3) is 0 Å². The number of anilines is 1. The van der Waals surface area contributed by atoms with E-state index in [9.17, 15) is 9.59 Å². The number of furan rings is 1. The molecule has 0 saturated carbocycles. The van der Waals surface area contributed by atoms with Crippen LogP contribution in [0.5, 0.6) is 0 Å². The first-order chi connectivity index (χ1) is 9.11. The standard InChI is InChI=1S/C13H12N2O3S/c1-14(10-6-3-2-4-7-10)13(17)15(19)12(16)11-8-5-9-18-11/h2-9,19H,1H3. The van der Waals surface area contributed by atoms with Crippen LogP contribution in [0.25, 0.3) is 0 Å². The Morgan fingerprint density at radius 3 is 2.37 bits per heavy atom. The van der Waals surface area contributed by atoms with Gasteiger partial charge >= 0.3 is 11.9 Å². The molecule has 5 nitrogen and oxygen atoms in total. The second-order valence-corrected chi connectivity index (χ2v) is 4.17. The molecule has 0 N–H and O–H groups in total. The maximum atomic E-state index is 12.1. The van der Waals surface area contributed by atoms with Crippen LogP contribution in [0.3, 0.4) is 0 Å². The van der Waals surface area contributed by atoms with Crippen molar-refractivity contribution in [1.82, 2.24) is 4.31 Å². The summed E-state index contributed by atoms with van der Waals surface area (Å²) in [6.07, 6.45) is 1.36. The second kappa shape index (κ2) is 5.62. The number of carbonyl (C=O) groups is 2. The molecule has 0 bridgehead atoms. The molecule has 0 aliphatic carbocycles. The fraction of sp³-hybridized carbons (Fsp3) is 0.0769. The predicted octanol–water partition coefficient (Wildman–Crippen LogP) is 2.82. The summed E-state index contributed by atoms with van der Waals surface area (Å²) in [5.74, 6) is -0.550. The summed E-state index contributed by atoms with van der Waals surface area (Å²) in [5.41, 5.74) is 0.666. The molecule has 98 valence electrons. The molecule has 0 radical (unpaired) electrons. The molecule has 1 aromatic heterocycles. The van der Waals surface area contributed by atoms with Crippen molar-refractivity contribution in [2.45, 2.75) is 0 Å². The van der Waals surface area contributed by atoms with Crippen molar-refractivity contribution in [2.24, 2.45) is 0 Å². The molecule has 0 spiro atoms. The Balaban J connectivity index is 2.13. The first-order valence-corrected chi connectivity index (χ1v) is 5.91. The molecule has 0 atom stereocenters. The quantitative estimate of drug-likeness (QED) is 0.858. The van der Waals surface area contributed by atoms with E-state index in [-0.39, 0.29) is 5.76 Å². The Kier molecular flexibility index (Phi) is 3.91. The number of thiol groups is 1. The van der Waals surface area contributed by atoms with Crippen LogP contribution in [-0.2, 0) is 0 Å². The van der Waals surface area contributed by atoms with Crippen molar-refractivity contribution >= 4 is 30.4 Å². The summed E-state index contributed by atoms with van der Waals surface area (Å²) in [4.78, 5) is 25.3. The summed E-state index contributed by atoms with van der Waals surface area (Å²) in [7, 11) is 1.57. The van der Waals surface area contributed by atoms with Crippen molar-refractivity contribution in [3.05, 3.63) is 54.5 Å². The van der Waals surface area contributed by atoms with Gasteiger partial charge in [0, 0.05) is 12.7 Å². The van der Waals surface area contributed by atoms with Crippen LogP contribution in [0.1, 0.15) is 10.6 Å². The smallest absolute Gasteiger partial charge is 0.341 e. The van der Waals surface area contributed by atoms with Gasteiger partial charge in [0.2, 0.25) is 0 Å². The third kappa shape index (κ3) is 2.79. The summed E-state index contributed by atoms with van der Waals surface area (Å²) in [5, 5.41) is 0. The van der Waals surface area contributed by atoms with Crippen molar-refractivity contribution in [2.75, 3.05) is 11.9 Å². The van der Waals surface area contributed by atoms with Crippen molar-refractivity contribution in [3.63, 3.8) is 0 Å². The van der Waals surface area contributed by atoms with E-state index < -0.39 is 11.9 Å². The lowest BCUT2D eigenvalue weighted by Crippen LogP contribution is -2.39. The number of imide groups is 1. The van der Waals surface area contributed by atoms with Crippen molar-refractivity contribution < 1.29 is 14.0 Å². The lowest BCUT2D eigenvalue weighted by Gasteiger charge is -2.21. The fourth-order valence-electron chi connectivity index (χ4n) is 1.50. The number of carbonyl (C=O) groups excluding carboxylic acids is 2. The highest BCUT2D eigenvalue weighted by atomic mass is 32.1. The van der Waals surface area contributed by atoms with Gasteiger partial charge in [-0.15, -0.1) is 0 Å². The number of para-hydroxylation sites is 1. The molecule has 6 heteroatoms. The molecule has 3 amide bonds. The van der Waals surface area contributed by atoms with Gasteiger partial charge in [0.1, 0.15) is 0 Å². The highest BCUT2D eigenvalue weighted by molar-refractivity contribution is 7.79. The van der Waals surface area contributed by atoms with E-state index in [0.717, 1.165) is 0 Å². The zero-order valence-electron chi connectivity index (χ0n) is 10.2. The Morgan fingerprint density at radius 1 is 1.11 bits per heavy atom. The van der Waals surface area contributed by atoms with Gasteiger partial charge in [-0.2, -0.15) is 4.31 Å². The summed E-state index contributed by atoms with van der Waals surface area (Å²) in [6.45, 7) is 0. The molecule has 1 aromatic carbocycles. The summed E-state index contributed by atoms with van der Waals surface area (Å²) >= 11 is 3.93. The van der Waals surface area contributed by atoms with E-state index in [0.29, 0.717) is 9.99 Å². The SMILES string of the molecule is CN(C(=O)N(S)C(=O)c1ccco1)c1ccccc1. The fourth-order valence-corrected chi connectivity index (χ4v) is 1.73. The van der Waals surface area contributed by atoms with E-state index in [2.05, 4.69) is 12.8 Å². The molecular formula is C13H12N2O3S. The topological polar surface area (TPSA) is 53.8 Å². The van der Waals surface area contributed by atoms with Crippen LogP contribution in [0.4, 0.5) is 10.5 Å². The Labute approximate surface area is 116 Å². The highest BCUT2D eigenvalue weighted by Crippen LogP contribution is 2.16. The van der Waals surface area contributed by atoms with Crippen molar-refractivity contribution in [1.29, 1.82) is 0 Å². The minimum Gasteiger partial charge on any atom is -0.459 e. The average Bonchev–Trinajstić information content (AvgIpc) is 2.99. The normalized spacial score (nSPS) is 10.0. The lowest BCUT2D eigenvalue weighted by atomic mass is 10.3. The lowest BCUT2D eigenvalue weighted by molar-refractivity contribution is 0.0870. The van der Waals surface area contributed by atoms with E-state index in [1.807, 2.05) is 6.07 Å². The minimum atomic E-state index is -0.610. The number of rotatable bonds is 2. The van der Waals surface area contributed by atoms with E-state index in [1.165, 1.54) is 17.2 Å². The van der Waals surface area contributed by atoms with Crippen LogP contribution in [0, 0.1) is 0 Å². The zero-order valence-corrected chi connectivity index (χ0v) is 11.1. The number of nitrogens with zero attached hydrogens (tertiary/aromatic N) is 2. The van der Waals surface area contributed by atoms with Crippen LogP contribution in [0.2, 0.25) is 0 Å². The third-order valence-corrected chi connectivity index (χ3v) is 2.89. The number of hydrogen-bond acceptors (Lipinski definition) is 4. The first kappa shape index (κ1) is 13.2.